The molecule has 0 aromatic carbocycles. The van der Waals surface area contributed by atoms with Crippen LogP contribution in [-0.4, -0.2) is 61.3 Å². The molecule has 0 radical (unpaired) electrons. The number of aliphatic hydroxyl groups is 1. The van der Waals surface area contributed by atoms with Crippen molar-refractivity contribution in [3.63, 3.8) is 0 Å². The van der Waals surface area contributed by atoms with Gasteiger partial charge >= 0.3 is 0 Å². The number of carbonyl (C=O) groups is 1. The molecule has 1 unspecified atom stereocenters. The van der Waals surface area contributed by atoms with Gasteiger partial charge in [-0.15, -0.1) is 0 Å². The van der Waals surface area contributed by atoms with Crippen LogP contribution in [0.15, 0.2) is 39.1 Å². The van der Waals surface area contributed by atoms with Crippen LogP contribution in [0.4, 0.5) is 0 Å². The van der Waals surface area contributed by atoms with E-state index in [1.54, 1.807) is 12.3 Å². The van der Waals surface area contributed by atoms with E-state index in [1.165, 1.54) is 6.21 Å². The highest BCUT2D eigenvalue weighted by Gasteiger charge is 2.29. The standard InChI is InChI=1S/C17H23N3O3/c21-15-10-13(17-2-1-9-23-17)11-16(22)14(15)12-19-5-8-20-6-3-18-4-7-20/h1-2,9,12-13,18,21H,3-8,10-11H2. The molecule has 1 aliphatic carbocycles. The fourth-order valence-corrected chi connectivity index (χ4v) is 3.07. The van der Waals surface area contributed by atoms with E-state index in [2.05, 4.69) is 15.2 Å². The van der Waals surface area contributed by atoms with Crippen LogP contribution in [0.2, 0.25) is 0 Å². The lowest BCUT2D eigenvalue weighted by atomic mass is 9.86. The first kappa shape index (κ1) is 16.0. The molecule has 6 nitrogen and oxygen atoms in total. The normalized spacial score (nSPS) is 23.8. The van der Waals surface area contributed by atoms with Crippen molar-refractivity contribution < 1.29 is 14.3 Å². The number of nitrogens with zero attached hydrogens (tertiary/aromatic N) is 2. The molecule has 0 bridgehead atoms. The van der Waals surface area contributed by atoms with Gasteiger partial charge < -0.3 is 14.8 Å². The minimum absolute atomic E-state index is 0.0685. The van der Waals surface area contributed by atoms with Crippen LogP contribution in [0.1, 0.15) is 24.5 Å². The smallest absolute Gasteiger partial charge is 0.168 e. The van der Waals surface area contributed by atoms with E-state index >= 15 is 0 Å². The molecule has 1 aromatic heterocycles. The Kier molecular flexibility index (Phi) is 5.25. The van der Waals surface area contributed by atoms with Gasteiger partial charge in [-0.1, -0.05) is 0 Å². The maximum atomic E-state index is 12.2. The van der Waals surface area contributed by atoms with E-state index < -0.39 is 0 Å². The lowest BCUT2D eigenvalue weighted by Gasteiger charge is -2.26. The maximum Gasteiger partial charge on any atom is 0.168 e. The quantitative estimate of drug-likeness (QED) is 0.805. The van der Waals surface area contributed by atoms with Gasteiger partial charge in [0.1, 0.15) is 11.5 Å². The molecular weight excluding hydrogens is 294 g/mol. The average molecular weight is 317 g/mol. The minimum Gasteiger partial charge on any atom is -0.511 e. The molecule has 0 spiro atoms. The Morgan fingerprint density at radius 1 is 1.39 bits per heavy atom. The molecule has 0 saturated carbocycles. The van der Waals surface area contributed by atoms with Gasteiger partial charge in [0.15, 0.2) is 5.78 Å². The largest absolute Gasteiger partial charge is 0.511 e. The van der Waals surface area contributed by atoms with Crippen molar-refractivity contribution in [1.29, 1.82) is 0 Å². The van der Waals surface area contributed by atoms with Crippen LogP contribution in [0.25, 0.3) is 0 Å². The minimum atomic E-state index is -0.0736. The first-order valence-electron chi connectivity index (χ1n) is 8.15. The second-order valence-electron chi connectivity index (χ2n) is 6.03. The molecule has 1 atom stereocenters. The number of hydrogen-bond donors (Lipinski definition) is 2. The number of aliphatic imine (C=N–C) groups is 1. The summed E-state index contributed by atoms with van der Waals surface area (Å²) in [6, 6.07) is 3.64. The van der Waals surface area contributed by atoms with Gasteiger partial charge in [0, 0.05) is 57.7 Å². The molecule has 2 aliphatic rings. The van der Waals surface area contributed by atoms with Crippen molar-refractivity contribution in [2.75, 3.05) is 39.3 Å². The molecule has 2 heterocycles. The second-order valence-corrected chi connectivity index (χ2v) is 6.03. The molecule has 6 heteroatoms. The number of ketones is 1. The van der Waals surface area contributed by atoms with E-state index in [0.717, 1.165) is 38.5 Å². The van der Waals surface area contributed by atoms with Gasteiger partial charge in [-0.05, 0) is 12.1 Å². The van der Waals surface area contributed by atoms with Crippen LogP contribution in [-0.2, 0) is 4.79 Å². The third kappa shape index (κ3) is 4.09. The Balaban J connectivity index is 1.55. The van der Waals surface area contributed by atoms with Gasteiger partial charge in [-0.2, -0.15) is 0 Å². The number of nitrogens with one attached hydrogen (secondary N) is 1. The van der Waals surface area contributed by atoms with Crippen LogP contribution in [0.3, 0.4) is 0 Å². The number of carbonyl (C=O) groups excluding carboxylic acids is 1. The van der Waals surface area contributed by atoms with E-state index in [4.69, 9.17) is 4.42 Å². The maximum absolute atomic E-state index is 12.2. The number of hydrogen-bond acceptors (Lipinski definition) is 6. The molecular formula is C17H23N3O3. The molecule has 23 heavy (non-hydrogen) atoms. The lowest BCUT2D eigenvalue weighted by Crippen LogP contribution is -2.44. The number of furan rings is 1. The van der Waals surface area contributed by atoms with Crippen molar-refractivity contribution in [1.82, 2.24) is 10.2 Å². The van der Waals surface area contributed by atoms with Gasteiger partial charge in [0.25, 0.3) is 0 Å². The SMILES string of the molecule is O=C1CC(c2ccco2)CC(O)=C1C=NCCN1CCNCC1. The zero-order chi connectivity index (χ0) is 16.1. The van der Waals surface area contributed by atoms with Crippen LogP contribution >= 0.6 is 0 Å². The fourth-order valence-electron chi connectivity index (χ4n) is 3.07. The Morgan fingerprint density at radius 3 is 2.91 bits per heavy atom. The summed E-state index contributed by atoms with van der Waals surface area (Å²) in [6.45, 7) is 5.63. The molecule has 0 amide bonds. The van der Waals surface area contributed by atoms with Gasteiger partial charge in [-0.25, -0.2) is 0 Å². The summed E-state index contributed by atoms with van der Waals surface area (Å²) in [5.74, 6) is 0.727. The third-order valence-corrected chi connectivity index (χ3v) is 4.40. The topological polar surface area (TPSA) is 78.1 Å². The number of rotatable bonds is 5. The van der Waals surface area contributed by atoms with Gasteiger partial charge in [0.05, 0.1) is 18.4 Å². The number of Topliss-reactive ketones (excluding diaryl/α,β-unsaturated/α-hetero) is 1. The van der Waals surface area contributed by atoms with Crippen molar-refractivity contribution in [3.05, 3.63) is 35.5 Å². The summed E-state index contributed by atoms with van der Waals surface area (Å²) < 4.78 is 5.34. The Hall–Kier alpha value is -1.92. The average Bonchev–Trinajstić information content (AvgIpc) is 3.09. The molecule has 3 rings (SSSR count). The van der Waals surface area contributed by atoms with Gasteiger partial charge in [-0.3, -0.25) is 14.7 Å². The Labute approximate surface area is 135 Å². The molecule has 1 fully saturated rings. The lowest BCUT2D eigenvalue weighted by molar-refractivity contribution is -0.116. The Bertz CT molecular complexity index is 586. The predicted molar refractivity (Wildman–Crippen MR) is 88.0 cm³/mol. The first-order valence-corrected chi connectivity index (χ1v) is 8.15. The highest BCUT2D eigenvalue weighted by Crippen LogP contribution is 2.33. The third-order valence-electron chi connectivity index (χ3n) is 4.40. The summed E-state index contributed by atoms with van der Waals surface area (Å²) >= 11 is 0. The monoisotopic (exact) mass is 317 g/mol. The highest BCUT2D eigenvalue weighted by molar-refractivity contribution is 6.14. The molecule has 1 saturated heterocycles. The molecule has 1 aromatic rings. The number of aliphatic hydroxyl groups excluding tert-OH is 1. The molecule has 2 N–H and O–H groups in total. The van der Waals surface area contributed by atoms with E-state index in [1.807, 2.05) is 6.07 Å². The van der Waals surface area contributed by atoms with Gasteiger partial charge in [0.2, 0.25) is 0 Å². The van der Waals surface area contributed by atoms with Crippen LogP contribution in [0.5, 0.6) is 0 Å². The van der Waals surface area contributed by atoms with E-state index in [0.29, 0.717) is 25.0 Å². The second kappa shape index (κ2) is 7.57. The fraction of sp³-hybridized carbons (Fsp3) is 0.529. The van der Waals surface area contributed by atoms with Crippen molar-refractivity contribution in [2.45, 2.75) is 18.8 Å². The zero-order valence-corrected chi connectivity index (χ0v) is 13.2. The van der Waals surface area contributed by atoms with Crippen molar-refractivity contribution in [2.24, 2.45) is 4.99 Å². The summed E-state index contributed by atoms with van der Waals surface area (Å²) in [7, 11) is 0. The Morgan fingerprint density at radius 2 is 2.22 bits per heavy atom. The first-order chi connectivity index (χ1) is 11.2. The predicted octanol–water partition coefficient (Wildman–Crippen LogP) is 1.51. The van der Waals surface area contributed by atoms with E-state index in [9.17, 15) is 9.90 Å². The van der Waals surface area contributed by atoms with Crippen LogP contribution in [0, 0.1) is 0 Å². The zero-order valence-electron chi connectivity index (χ0n) is 13.2. The summed E-state index contributed by atoms with van der Waals surface area (Å²) in [5, 5.41) is 13.5. The molecule has 1 aliphatic heterocycles. The number of piperazine rings is 1. The summed E-state index contributed by atoms with van der Waals surface area (Å²) in [5.41, 5.74) is 0.355. The van der Waals surface area contributed by atoms with E-state index in [-0.39, 0.29) is 17.5 Å². The van der Waals surface area contributed by atoms with Crippen molar-refractivity contribution in [3.8, 4) is 0 Å². The van der Waals surface area contributed by atoms with Crippen molar-refractivity contribution >= 4 is 12.0 Å². The van der Waals surface area contributed by atoms with Crippen LogP contribution < -0.4 is 5.32 Å². The summed E-state index contributed by atoms with van der Waals surface area (Å²) in [6.07, 6.45) is 3.92. The summed E-state index contributed by atoms with van der Waals surface area (Å²) in [4.78, 5) is 18.9. The number of allylic oxidation sites excluding steroid dienone is 2. The molecule has 124 valence electrons. The highest BCUT2D eigenvalue weighted by atomic mass is 16.3.